The lowest BCUT2D eigenvalue weighted by atomic mass is 9.78. The monoisotopic (exact) mass is 907 g/mol. The molecule has 10 aromatic carbocycles. The summed E-state index contributed by atoms with van der Waals surface area (Å²) in [6, 6.07) is 84.7. The summed E-state index contributed by atoms with van der Waals surface area (Å²) in [5.74, 6) is 0.670. The van der Waals surface area contributed by atoms with E-state index in [-0.39, 0.29) is 5.41 Å². The summed E-state index contributed by atoms with van der Waals surface area (Å²) in [4.78, 5) is 10.3. The van der Waals surface area contributed by atoms with Gasteiger partial charge in [0.15, 0.2) is 5.82 Å². The number of hydrogen-bond donors (Lipinski definition) is 0. The summed E-state index contributed by atoms with van der Waals surface area (Å²) in [6.07, 6.45) is 0. The third-order valence-electron chi connectivity index (χ3n) is 14.8. The van der Waals surface area contributed by atoms with Crippen LogP contribution in [0.3, 0.4) is 0 Å². The third-order valence-corrected chi connectivity index (χ3v) is 14.8. The molecule has 14 rings (SSSR count). The fourth-order valence-corrected chi connectivity index (χ4v) is 11.5. The van der Waals surface area contributed by atoms with E-state index in [4.69, 9.17) is 14.4 Å². The average Bonchev–Trinajstić information content (AvgIpc) is 4.06. The maximum absolute atomic E-state index is 6.92. The molecule has 71 heavy (non-hydrogen) atoms. The van der Waals surface area contributed by atoms with Crippen LogP contribution < -0.4 is 0 Å². The molecular formula is C67H45N3O. The summed E-state index contributed by atoms with van der Waals surface area (Å²) in [7, 11) is 0. The molecule has 3 aromatic heterocycles. The van der Waals surface area contributed by atoms with Crippen molar-refractivity contribution in [1.82, 2.24) is 14.5 Å². The Balaban J connectivity index is 0.969. The molecule has 0 saturated carbocycles. The molecule has 0 aliphatic heterocycles. The van der Waals surface area contributed by atoms with Gasteiger partial charge >= 0.3 is 0 Å². The van der Waals surface area contributed by atoms with Gasteiger partial charge in [0.05, 0.1) is 22.4 Å². The third kappa shape index (κ3) is 6.52. The minimum Gasteiger partial charge on any atom is -0.455 e. The highest BCUT2D eigenvalue weighted by Crippen LogP contribution is 2.56. The van der Waals surface area contributed by atoms with Crippen molar-refractivity contribution < 1.29 is 4.42 Å². The van der Waals surface area contributed by atoms with E-state index in [1.807, 2.05) is 12.1 Å². The Morgan fingerprint density at radius 1 is 0.394 bits per heavy atom. The molecule has 3 heterocycles. The molecule has 1 aliphatic rings. The molecule has 4 nitrogen and oxygen atoms in total. The smallest absolute Gasteiger partial charge is 0.160 e. The van der Waals surface area contributed by atoms with Crippen LogP contribution in [-0.4, -0.2) is 14.5 Å². The topological polar surface area (TPSA) is 43.9 Å². The number of para-hydroxylation sites is 1. The van der Waals surface area contributed by atoms with E-state index in [0.717, 1.165) is 72.3 Å². The van der Waals surface area contributed by atoms with Crippen LogP contribution in [0.5, 0.6) is 0 Å². The van der Waals surface area contributed by atoms with Crippen molar-refractivity contribution in [3.8, 4) is 84.1 Å². The second-order valence-corrected chi connectivity index (χ2v) is 19.3. The molecule has 13 aromatic rings. The first kappa shape index (κ1) is 40.9. The minimum absolute atomic E-state index is 0.235. The van der Waals surface area contributed by atoms with Gasteiger partial charge < -0.3 is 8.98 Å². The largest absolute Gasteiger partial charge is 0.455 e. The molecule has 0 saturated heterocycles. The van der Waals surface area contributed by atoms with Crippen LogP contribution in [0, 0.1) is 0 Å². The molecule has 0 N–H and O–H groups in total. The first-order valence-electron chi connectivity index (χ1n) is 24.4. The number of aromatic nitrogens is 3. The van der Waals surface area contributed by atoms with Gasteiger partial charge in [-0.2, -0.15) is 0 Å². The van der Waals surface area contributed by atoms with Crippen LogP contribution >= 0.6 is 0 Å². The van der Waals surface area contributed by atoms with Gasteiger partial charge in [0.25, 0.3) is 0 Å². The predicted octanol–water partition coefficient (Wildman–Crippen LogP) is 17.8. The second kappa shape index (κ2) is 16.0. The maximum atomic E-state index is 6.92. The van der Waals surface area contributed by atoms with E-state index in [1.165, 1.54) is 60.8 Å². The van der Waals surface area contributed by atoms with Crippen LogP contribution in [0.15, 0.2) is 241 Å². The summed E-state index contributed by atoms with van der Waals surface area (Å²) in [6.45, 7) is 4.79. The fourth-order valence-electron chi connectivity index (χ4n) is 11.5. The van der Waals surface area contributed by atoms with Gasteiger partial charge in [-0.05, 0) is 93.0 Å². The van der Waals surface area contributed by atoms with E-state index in [1.54, 1.807) is 0 Å². The molecule has 0 fully saturated rings. The van der Waals surface area contributed by atoms with Gasteiger partial charge in [0, 0.05) is 60.5 Å². The quantitative estimate of drug-likeness (QED) is 0.160. The maximum Gasteiger partial charge on any atom is 0.160 e. The van der Waals surface area contributed by atoms with Gasteiger partial charge in [0.1, 0.15) is 11.2 Å². The summed E-state index contributed by atoms with van der Waals surface area (Å²) in [5, 5.41) is 4.58. The molecule has 334 valence electrons. The average molecular weight is 908 g/mol. The number of nitrogens with zero attached hydrogens (tertiary/aromatic N) is 3. The zero-order valence-corrected chi connectivity index (χ0v) is 39.3. The molecule has 4 heteroatoms. The van der Waals surface area contributed by atoms with Gasteiger partial charge in [-0.1, -0.05) is 202 Å². The molecule has 0 bridgehead atoms. The number of fused-ring (bicyclic) bond motifs is 10. The lowest BCUT2D eigenvalue weighted by Crippen LogP contribution is -2.16. The summed E-state index contributed by atoms with van der Waals surface area (Å²) in [5.41, 5.74) is 21.9. The van der Waals surface area contributed by atoms with Crippen LogP contribution in [-0.2, 0) is 5.41 Å². The standard InChI is InChI=1S/C67H45N3O/c1-67(2)57-32-16-15-29-52(57)62-63(67)53(43-21-9-4-10-22-43)40-56-54-38-46(42-19-7-3-8-20-42)33-35-60(54)70(64(56)62)49-34-36-61-55(39-49)51-31-18-30-50(65(51)71-61)47-27-17-28-48(37-47)66-68-58(44-23-11-5-12-24-44)41-59(69-66)45-25-13-6-14-26-45/h3-41H,1-2H3. The molecular weight excluding hydrogens is 863 g/mol. The Labute approximate surface area is 411 Å². The van der Waals surface area contributed by atoms with Crippen molar-refractivity contribution in [3.63, 3.8) is 0 Å². The van der Waals surface area contributed by atoms with Crippen molar-refractivity contribution in [2.24, 2.45) is 0 Å². The van der Waals surface area contributed by atoms with Crippen molar-refractivity contribution in [2.75, 3.05) is 0 Å². The fraction of sp³-hybridized carbons (Fsp3) is 0.0448. The van der Waals surface area contributed by atoms with Gasteiger partial charge in [-0.15, -0.1) is 0 Å². The number of furan rings is 1. The van der Waals surface area contributed by atoms with E-state index < -0.39 is 0 Å². The Hall–Kier alpha value is -9.12. The molecule has 0 spiro atoms. The van der Waals surface area contributed by atoms with Crippen molar-refractivity contribution >= 4 is 43.7 Å². The highest BCUT2D eigenvalue weighted by atomic mass is 16.3. The minimum atomic E-state index is -0.235. The van der Waals surface area contributed by atoms with E-state index >= 15 is 0 Å². The van der Waals surface area contributed by atoms with Gasteiger partial charge in [0.2, 0.25) is 0 Å². The second-order valence-electron chi connectivity index (χ2n) is 19.3. The van der Waals surface area contributed by atoms with Gasteiger partial charge in [-0.25, -0.2) is 9.97 Å². The molecule has 0 radical (unpaired) electrons. The first-order valence-corrected chi connectivity index (χ1v) is 24.4. The van der Waals surface area contributed by atoms with E-state index in [9.17, 15) is 0 Å². The van der Waals surface area contributed by atoms with Crippen molar-refractivity contribution in [2.45, 2.75) is 19.3 Å². The Morgan fingerprint density at radius 3 is 1.72 bits per heavy atom. The number of hydrogen-bond acceptors (Lipinski definition) is 3. The Morgan fingerprint density at radius 2 is 1.00 bits per heavy atom. The van der Waals surface area contributed by atoms with Crippen LogP contribution in [0.25, 0.3) is 128 Å². The van der Waals surface area contributed by atoms with Crippen LogP contribution in [0.2, 0.25) is 0 Å². The predicted molar refractivity (Wildman–Crippen MR) is 294 cm³/mol. The number of benzene rings is 10. The number of rotatable bonds is 7. The first-order chi connectivity index (χ1) is 35.0. The van der Waals surface area contributed by atoms with Gasteiger partial charge in [-0.3, -0.25) is 0 Å². The highest BCUT2D eigenvalue weighted by Gasteiger charge is 2.40. The zero-order chi connectivity index (χ0) is 47.2. The van der Waals surface area contributed by atoms with Crippen molar-refractivity contribution in [1.29, 1.82) is 0 Å². The highest BCUT2D eigenvalue weighted by molar-refractivity contribution is 6.19. The zero-order valence-electron chi connectivity index (χ0n) is 39.3. The molecule has 1 aliphatic carbocycles. The SMILES string of the molecule is CC1(C)c2ccccc2-c2c1c(-c1ccccc1)cc1c3cc(-c4ccccc4)ccc3n(-c3ccc4oc5c(-c6cccc(-c7nc(-c8ccccc8)cc(-c8ccccc8)n7)c6)cccc5c4c3)c21. The Bertz CT molecular complexity index is 4170. The van der Waals surface area contributed by atoms with Crippen LogP contribution in [0.1, 0.15) is 25.0 Å². The lowest BCUT2D eigenvalue weighted by molar-refractivity contribution is 0.662. The molecule has 0 atom stereocenters. The van der Waals surface area contributed by atoms with E-state index in [2.05, 4.69) is 243 Å². The Kier molecular flexibility index (Phi) is 9.21. The summed E-state index contributed by atoms with van der Waals surface area (Å²) >= 11 is 0. The van der Waals surface area contributed by atoms with Crippen LogP contribution in [0.4, 0.5) is 0 Å². The molecule has 0 unspecified atom stereocenters. The van der Waals surface area contributed by atoms with Crippen molar-refractivity contribution in [3.05, 3.63) is 248 Å². The van der Waals surface area contributed by atoms with E-state index in [0.29, 0.717) is 5.82 Å². The lowest BCUT2D eigenvalue weighted by Gasteiger charge is -2.25. The summed E-state index contributed by atoms with van der Waals surface area (Å²) < 4.78 is 9.44. The normalized spacial score (nSPS) is 12.8. The molecule has 0 amide bonds.